The van der Waals surface area contributed by atoms with Crippen molar-refractivity contribution in [2.24, 2.45) is 10.9 Å². The lowest BCUT2D eigenvalue weighted by Crippen LogP contribution is -2.45. The van der Waals surface area contributed by atoms with Crippen molar-refractivity contribution >= 4 is 33.3 Å². The molecule has 14 heteroatoms. The number of alkyl halides is 3. The standard InChI is InChI=1S/C22H25F3N4O6S/c1-21(2,3)35-20(30)27-14-7-8-18-17(10-14)29(12-15(34-18)11-19(26)28-31)36(32,33)16-6-4-5-13(9-16)22(23,24)25/h4-10,15,31H,11-12H2,1-3H3,(H2,26,28)(H,27,30). The van der Waals surface area contributed by atoms with Crippen molar-refractivity contribution in [3.63, 3.8) is 0 Å². The average molecular weight is 531 g/mol. The molecule has 0 aromatic heterocycles. The fourth-order valence-corrected chi connectivity index (χ4v) is 4.92. The Morgan fingerprint density at radius 1 is 1.25 bits per heavy atom. The molecule has 0 radical (unpaired) electrons. The topological polar surface area (TPSA) is 144 Å². The molecule has 4 N–H and O–H groups in total. The Hall–Kier alpha value is -3.68. The molecule has 1 aliphatic rings. The minimum absolute atomic E-state index is 0.0308. The van der Waals surface area contributed by atoms with E-state index in [1.54, 1.807) is 20.8 Å². The van der Waals surface area contributed by atoms with Gasteiger partial charge in [0.05, 0.1) is 22.7 Å². The normalized spacial score (nSPS) is 16.7. The van der Waals surface area contributed by atoms with Gasteiger partial charge in [-0.25, -0.2) is 13.2 Å². The first-order valence-corrected chi connectivity index (χ1v) is 12.0. The van der Waals surface area contributed by atoms with Crippen molar-refractivity contribution in [1.29, 1.82) is 0 Å². The van der Waals surface area contributed by atoms with Gasteiger partial charge in [-0.3, -0.25) is 9.62 Å². The monoisotopic (exact) mass is 530 g/mol. The molecule has 0 saturated heterocycles. The Kier molecular flexibility index (Phi) is 7.30. The Labute approximate surface area is 205 Å². The fourth-order valence-electron chi connectivity index (χ4n) is 3.38. The molecule has 2 aromatic carbocycles. The zero-order valence-electron chi connectivity index (χ0n) is 19.5. The van der Waals surface area contributed by atoms with Crippen LogP contribution in [0.4, 0.5) is 29.3 Å². The van der Waals surface area contributed by atoms with Gasteiger partial charge in [-0.05, 0) is 57.2 Å². The van der Waals surface area contributed by atoms with Gasteiger partial charge in [0.25, 0.3) is 10.0 Å². The summed E-state index contributed by atoms with van der Waals surface area (Å²) in [7, 11) is -4.54. The SMILES string of the molecule is CC(C)(C)OC(=O)Nc1ccc2c(c1)N(S(=O)(=O)c1cccc(C(F)(F)F)c1)CC(CC(N)=NO)O2. The van der Waals surface area contributed by atoms with E-state index < -0.39 is 44.5 Å². The summed E-state index contributed by atoms with van der Waals surface area (Å²) in [5.74, 6) is -0.176. The van der Waals surface area contributed by atoms with Crippen LogP contribution < -0.4 is 20.1 Å². The van der Waals surface area contributed by atoms with E-state index in [9.17, 15) is 26.4 Å². The van der Waals surface area contributed by atoms with E-state index in [1.807, 2.05) is 0 Å². The van der Waals surface area contributed by atoms with Crippen LogP contribution in [0.15, 0.2) is 52.5 Å². The number of carbonyl (C=O) groups excluding carboxylic acids is 1. The van der Waals surface area contributed by atoms with E-state index >= 15 is 0 Å². The quantitative estimate of drug-likeness (QED) is 0.228. The number of oxime groups is 1. The number of halogens is 3. The third-order valence-electron chi connectivity index (χ3n) is 4.85. The fraction of sp³-hybridized carbons (Fsp3) is 0.364. The first-order valence-electron chi connectivity index (χ1n) is 10.6. The van der Waals surface area contributed by atoms with E-state index in [2.05, 4.69) is 10.5 Å². The zero-order valence-corrected chi connectivity index (χ0v) is 20.4. The van der Waals surface area contributed by atoms with Gasteiger partial charge in [-0.1, -0.05) is 11.2 Å². The molecular weight excluding hydrogens is 505 g/mol. The van der Waals surface area contributed by atoms with Crippen molar-refractivity contribution in [2.45, 2.75) is 50.0 Å². The van der Waals surface area contributed by atoms with Crippen molar-refractivity contribution < 1.29 is 41.1 Å². The van der Waals surface area contributed by atoms with Gasteiger partial charge in [0, 0.05) is 12.1 Å². The van der Waals surface area contributed by atoms with Crippen LogP contribution in [-0.4, -0.2) is 43.8 Å². The van der Waals surface area contributed by atoms with Crippen molar-refractivity contribution in [3.05, 3.63) is 48.0 Å². The molecular formula is C22H25F3N4O6S. The second-order valence-electron chi connectivity index (χ2n) is 8.91. The van der Waals surface area contributed by atoms with E-state index in [0.717, 1.165) is 22.5 Å². The van der Waals surface area contributed by atoms with Gasteiger partial charge in [-0.15, -0.1) is 0 Å². The first kappa shape index (κ1) is 26.9. The second-order valence-corrected chi connectivity index (χ2v) is 10.8. The van der Waals surface area contributed by atoms with Gasteiger partial charge < -0.3 is 20.4 Å². The van der Waals surface area contributed by atoms with Crippen LogP contribution in [0.3, 0.4) is 0 Å². The molecule has 0 fully saturated rings. The Balaban J connectivity index is 2.05. The van der Waals surface area contributed by atoms with Crippen LogP contribution in [0.5, 0.6) is 5.75 Å². The minimum Gasteiger partial charge on any atom is -0.486 e. The molecule has 2 aromatic rings. The molecule has 1 heterocycles. The molecule has 196 valence electrons. The highest BCUT2D eigenvalue weighted by Gasteiger charge is 2.37. The minimum atomic E-state index is -4.76. The van der Waals surface area contributed by atoms with E-state index in [4.69, 9.17) is 20.4 Å². The summed E-state index contributed by atoms with van der Waals surface area (Å²) in [5, 5.41) is 14.2. The molecule has 0 bridgehead atoms. The lowest BCUT2D eigenvalue weighted by molar-refractivity contribution is -0.137. The average Bonchev–Trinajstić information content (AvgIpc) is 2.76. The van der Waals surface area contributed by atoms with Gasteiger partial charge in [-0.2, -0.15) is 13.2 Å². The number of carbonyl (C=O) groups is 1. The number of hydrogen-bond acceptors (Lipinski definition) is 7. The maximum atomic E-state index is 13.5. The highest BCUT2D eigenvalue weighted by Crippen LogP contribution is 2.40. The van der Waals surface area contributed by atoms with Crippen molar-refractivity contribution in [2.75, 3.05) is 16.2 Å². The number of amidine groups is 1. The number of ether oxygens (including phenoxy) is 2. The van der Waals surface area contributed by atoms with Crippen LogP contribution >= 0.6 is 0 Å². The zero-order chi connectivity index (χ0) is 26.9. The maximum Gasteiger partial charge on any atom is 0.416 e. The van der Waals surface area contributed by atoms with Crippen molar-refractivity contribution in [3.8, 4) is 5.75 Å². The smallest absolute Gasteiger partial charge is 0.416 e. The van der Waals surface area contributed by atoms with Crippen molar-refractivity contribution in [1.82, 2.24) is 0 Å². The first-order chi connectivity index (χ1) is 16.6. The van der Waals surface area contributed by atoms with Gasteiger partial charge in [0.15, 0.2) is 0 Å². The molecule has 0 aliphatic carbocycles. The highest BCUT2D eigenvalue weighted by molar-refractivity contribution is 7.92. The number of fused-ring (bicyclic) bond motifs is 1. The molecule has 36 heavy (non-hydrogen) atoms. The van der Waals surface area contributed by atoms with Crippen LogP contribution in [0, 0.1) is 0 Å². The third kappa shape index (κ3) is 6.30. The van der Waals surface area contributed by atoms with E-state index in [0.29, 0.717) is 6.07 Å². The molecule has 0 saturated carbocycles. The van der Waals surface area contributed by atoms with Crippen LogP contribution in [-0.2, 0) is 20.9 Å². The van der Waals surface area contributed by atoms with E-state index in [-0.39, 0.29) is 35.9 Å². The summed E-state index contributed by atoms with van der Waals surface area (Å²) in [4.78, 5) is 11.6. The highest BCUT2D eigenvalue weighted by atomic mass is 32.2. The number of sulfonamides is 1. The number of rotatable bonds is 5. The maximum absolute atomic E-state index is 13.5. The molecule has 3 rings (SSSR count). The summed E-state index contributed by atoms with van der Waals surface area (Å²) in [6.07, 6.45) is -6.63. The summed E-state index contributed by atoms with van der Waals surface area (Å²) in [5.41, 5.74) is 3.76. The molecule has 1 amide bonds. The lowest BCUT2D eigenvalue weighted by atomic mass is 10.1. The van der Waals surface area contributed by atoms with Gasteiger partial charge >= 0.3 is 12.3 Å². The molecule has 1 unspecified atom stereocenters. The second kappa shape index (κ2) is 9.76. The van der Waals surface area contributed by atoms with Crippen LogP contribution in [0.1, 0.15) is 32.8 Å². The molecule has 1 aliphatic heterocycles. The Morgan fingerprint density at radius 2 is 1.94 bits per heavy atom. The lowest BCUT2D eigenvalue weighted by Gasteiger charge is -2.35. The van der Waals surface area contributed by atoms with Crippen LogP contribution in [0.2, 0.25) is 0 Å². The number of hydrogen-bond donors (Lipinski definition) is 3. The van der Waals surface area contributed by atoms with Crippen LogP contribution in [0.25, 0.3) is 0 Å². The number of anilines is 2. The summed E-state index contributed by atoms with van der Waals surface area (Å²) < 4.78 is 78.6. The predicted octanol–water partition coefficient (Wildman–Crippen LogP) is 4.15. The molecule has 1 atom stereocenters. The number of benzene rings is 2. The predicted molar refractivity (Wildman–Crippen MR) is 125 cm³/mol. The largest absolute Gasteiger partial charge is 0.486 e. The molecule has 0 spiro atoms. The summed E-state index contributed by atoms with van der Waals surface area (Å²) in [6.45, 7) is 4.63. The Bertz CT molecular complexity index is 1280. The van der Waals surface area contributed by atoms with E-state index in [1.165, 1.54) is 18.2 Å². The number of nitrogens with two attached hydrogens (primary N) is 1. The summed E-state index contributed by atoms with van der Waals surface area (Å²) in [6, 6.07) is 7.44. The Morgan fingerprint density at radius 3 is 2.56 bits per heavy atom. The number of nitrogens with one attached hydrogen (secondary N) is 1. The number of nitrogens with zero attached hydrogens (tertiary/aromatic N) is 2. The molecule has 10 nitrogen and oxygen atoms in total. The van der Waals surface area contributed by atoms with Gasteiger partial charge in [0.1, 0.15) is 23.3 Å². The summed E-state index contributed by atoms with van der Waals surface area (Å²) >= 11 is 0. The third-order valence-corrected chi connectivity index (χ3v) is 6.63. The van der Waals surface area contributed by atoms with Gasteiger partial charge in [0.2, 0.25) is 0 Å². The number of amides is 1.